The van der Waals surface area contributed by atoms with Gasteiger partial charge in [0.1, 0.15) is 18.7 Å². The maximum atomic E-state index is 12.0. The summed E-state index contributed by atoms with van der Waals surface area (Å²) < 4.78 is 0. The maximum absolute atomic E-state index is 12.0. The molecule has 3 atom stereocenters. The Kier molecular flexibility index (Phi) is 6.58. The first-order valence-corrected chi connectivity index (χ1v) is 6.56. The molecular formula is C11H16N4O9. The summed E-state index contributed by atoms with van der Waals surface area (Å²) >= 11 is 0. The fourth-order valence-electron chi connectivity index (χ4n) is 1.77. The Morgan fingerprint density at radius 3 is 2.33 bits per heavy atom. The van der Waals surface area contributed by atoms with Crippen molar-refractivity contribution in [2.75, 3.05) is 6.61 Å². The van der Waals surface area contributed by atoms with Crippen LogP contribution in [0, 0.1) is 0 Å². The van der Waals surface area contributed by atoms with Crippen LogP contribution in [-0.2, 0) is 28.8 Å². The van der Waals surface area contributed by atoms with E-state index in [0.29, 0.717) is 0 Å². The predicted molar refractivity (Wildman–Crippen MR) is 70.9 cm³/mol. The molecule has 1 fully saturated rings. The fourth-order valence-corrected chi connectivity index (χ4v) is 1.77. The first kappa shape index (κ1) is 19.3. The topological polar surface area (TPSA) is 209 Å². The van der Waals surface area contributed by atoms with Gasteiger partial charge in [-0.05, 0) is 0 Å². The number of carboxylic acid groups (broad SMARTS) is 2. The molecule has 0 aromatic rings. The summed E-state index contributed by atoms with van der Waals surface area (Å²) in [5.41, 5.74) is 7.23. The summed E-state index contributed by atoms with van der Waals surface area (Å²) in [6.45, 7) is -0.234. The smallest absolute Gasteiger partial charge is 0.306 e. The maximum Gasteiger partial charge on any atom is 0.306 e. The number of hydrogen-bond acceptors (Lipinski definition) is 8. The van der Waals surface area contributed by atoms with E-state index in [4.69, 9.17) is 15.9 Å². The molecule has 0 aromatic carbocycles. The summed E-state index contributed by atoms with van der Waals surface area (Å²) in [5.74, 6) is -6.16. The van der Waals surface area contributed by atoms with Crippen molar-refractivity contribution >= 4 is 29.7 Å². The first-order chi connectivity index (χ1) is 11.1. The van der Waals surface area contributed by atoms with E-state index in [1.165, 1.54) is 0 Å². The predicted octanol–water partition coefficient (Wildman–Crippen LogP) is -3.60. The van der Waals surface area contributed by atoms with Crippen molar-refractivity contribution in [3.8, 4) is 0 Å². The number of nitrogens with two attached hydrogens (primary N) is 1. The number of amides is 3. The van der Waals surface area contributed by atoms with Crippen LogP contribution in [0.2, 0.25) is 0 Å². The second kappa shape index (κ2) is 8.19. The molecule has 13 nitrogen and oxygen atoms in total. The number of carboxylic acids is 2. The third-order valence-electron chi connectivity index (χ3n) is 2.96. The standard InChI is InChI=1S/C11H16N4O9/c12-4(1-7(16)17)11(22)15(23)6(2-8(18)19)10(21)13-5-3-24-14-9(5)20/h4-6,23H,1-3,12H2,(H,13,21)(H,14,20)(H,16,17)(H,18,19)/t4-,5?,6-/m0/s1. The highest BCUT2D eigenvalue weighted by Gasteiger charge is 2.37. The lowest BCUT2D eigenvalue weighted by Crippen LogP contribution is -2.56. The Bertz CT molecular complexity index is 552. The molecule has 13 heteroatoms. The number of nitrogens with one attached hydrogen (secondary N) is 2. The second-order valence-electron chi connectivity index (χ2n) is 4.84. The fraction of sp³-hybridized carbons (Fsp3) is 0.545. The first-order valence-electron chi connectivity index (χ1n) is 6.56. The molecule has 0 aliphatic carbocycles. The molecule has 7 N–H and O–H groups in total. The van der Waals surface area contributed by atoms with Crippen LogP contribution in [0.15, 0.2) is 0 Å². The number of nitrogens with zero attached hydrogens (tertiary/aromatic N) is 1. The second-order valence-corrected chi connectivity index (χ2v) is 4.84. The number of carbonyl (C=O) groups is 5. The van der Waals surface area contributed by atoms with Gasteiger partial charge < -0.3 is 21.3 Å². The van der Waals surface area contributed by atoms with Crippen LogP contribution in [0.3, 0.4) is 0 Å². The van der Waals surface area contributed by atoms with Gasteiger partial charge in [0.05, 0.1) is 18.9 Å². The normalized spacial score (nSPS) is 19.1. The minimum absolute atomic E-state index is 0.234. The van der Waals surface area contributed by atoms with Gasteiger partial charge in [0.2, 0.25) is 5.91 Å². The van der Waals surface area contributed by atoms with Crippen molar-refractivity contribution < 1.29 is 44.2 Å². The summed E-state index contributed by atoms with van der Waals surface area (Å²) in [7, 11) is 0. The van der Waals surface area contributed by atoms with Gasteiger partial charge in [0.25, 0.3) is 11.8 Å². The van der Waals surface area contributed by atoms with Crippen LogP contribution in [0.25, 0.3) is 0 Å². The molecule has 0 spiro atoms. The van der Waals surface area contributed by atoms with E-state index in [-0.39, 0.29) is 11.7 Å². The average Bonchev–Trinajstić information content (AvgIpc) is 2.87. The van der Waals surface area contributed by atoms with Crippen molar-refractivity contribution in [3.63, 3.8) is 0 Å². The number of hydroxylamine groups is 3. The summed E-state index contributed by atoms with van der Waals surface area (Å²) in [6, 6.07) is -4.73. The van der Waals surface area contributed by atoms with Crippen LogP contribution in [0.4, 0.5) is 0 Å². The molecule has 1 aliphatic rings. The molecule has 134 valence electrons. The quantitative estimate of drug-likeness (QED) is 0.187. The van der Waals surface area contributed by atoms with Gasteiger partial charge in [-0.1, -0.05) is 0 Å². The molecule has 0 saturated carbocycles. The minimum Gasteiger partial charge on any atom is -0.481 e. The SMILES string of the molecule is N[C@@H](CC(=O)O)C(=O)N(O)[C@@H](CC(=O)O)C(=O)NC1CONC1=O. The van der Waals surface area contributed by atoms with Gasteiger partial charge in [-0.3, -0.25) is 34.0 Å². The summed E-state index contributed by atoms with van der Waals surface area (Å²) in [4.78, 5) is 61.1. The van der Waals surface area contributed by atoms with Crippen LogP contribution >= 0.6 is 0 Å². The molecular weight excluding hydrogens is 332 g/mol. The van der Waals surface area contributed by atoms with E-state index in [1.54, 1.807) is 0 Å². The van der Waals surface area contributed by atoms with Crippen molar-refractivity contribution in [2.24, 2.45) is 5.73 Å². The summed E-state index contributed by atoms with van der Waals surface area (Å²) in [6.07, 6.45) is -1.83. The molecule has 1 rings (SSSR count). The largest absolute Gasteiger partial charge is 0.481 e. The number of aliphatic carboxylic acids is 2. The van der Waals surface area contributed by atoms with Crippen molar-refractivity contribution in [2.45, 2.75) is 31.0 Å². The molecule has 3 amide bonds. The van der Waals surface area contributed by atoms with Gasteiger partial charge in [-0.2, -0.15) is 0 Å². The van der Waals surface area contributed by atoms with Crippen LogP contribution < -0.4 is 16.5 Å². The third kappa shape index (κ3) is 5.15. The highest BCUT2D eigenvalue weighted by Crippen LogP contribution is 2.08. The Labute approximate surface area is 134 Å². The minimum atomic E-state index is -1.91. The molecule has 1 heterocycles. The molecule has 1 saturated heterocycles. The van der Waals surface area contributed by atoms with E-state index >= 15 is 0 Å². The van der Waals surface area contributed by atoms with Gasteiger partial charge in [-0.15, -0.1) is 0 Å². The van der Waals surface area contributed by atoms with Crippen LogP contribution in [0.1, 0.15) is 12.8 Å². The van der Waals surface area contributed by atoms with Gasteiger partial charge in [0.15, 0.2) is 0 Å². The zero-order valence-electron chi connectivity index (χ0n) is 12.2. The lowest BCUT2D eigenvalue weighted by atomic mass is 10.1. The molecule has 1 unspecified atom stereocenters. The van der Waals surface area contributed by atoms with E-state index in [9.17, 15) is 29.2 Å². The zero-order valence-corrected chi connectivity index (χ0v) is 12.2. The Morgan fingerprint density at radius 2 is 1.88 bits per heavy atom. The van der Waals surface area contributed by atoms with Gasteiger partial charge in [0, 0.05) is 0 Å². The monoisotopic (exact) mass is 348 g/mol. The Morgan fingerprint density at radius 1 is 1.29 bits per heavy atom. The van der Waals surface area contributed by atoms with Gasteiger partial charge >= 0.3 is 11.9 Å². The Hall–Kier alpha value is -2.77. The summed E-state index contributed by atoms with van der Waals surface area (Å²) in [5, 5.41) is 29.0. The Balaban J connectivity index is 2.84. The van der Waals surface area contributed by atoms with Crippen LogP contribution in [0.5, 0.6) is 0 Å². The average molecular weight is 348 g/mol. The molecule has 0 radical (unpaired) electrons. The number of hydrogen-bond donors (Lipinski definition) is 6. The van der Waals surface area contributed by atoms with Crippen molar-refractivity contribution in [1.82, 2.24) is 15.9 Å². The van der Waals surface area contributed by atoms with Crippen molar-refractivity contribution in [1.29, 1.82) is 0 Å². The number of rotatable bonds is 8. The zero-order chi connectivity index (χ0) is 18.4. The molecule has 1 aliphatic heterocycles. The van der Waals surface area contributed by atoms with E-state index in [1.807, 2.05) is 5.48 Å². The highest BCUT2D eigenvalue weighted by molar-refractivity contribution is 5.95. The number of carbonyl (C=O) groups excluding carboxylic acids is 3. The molecule has 0 aromatic heterocycles. The molecule has 0 bridgehead atoms. The van der Waals surface area contributed by atoms with Crippen molar-refractivity contribution in [3.05, 3.63) is 0 Å². The third-order valence-corrected chi connectivity index (χ3v) is 2.96. The lowest BCUT2D eigenvalue weighted by molar-refractivity contribution is -0.184. The van der Waals surface area contributed by atoms with Gasteiger partial charge in [-0.25, -0.2) is 10.5 Å². The van der Waals surface area contributed by atoms with E-state index in [0.717, 1.165) is 0 Å². The molecule has 24 heavy (non-hydrogen) atoms. The van der Waals surface area contributed by atoms with E-state index in [2.05, 4.69) is 10.2 Å². The van der Waals surface area contributed by atoms with Crippen LogP contribution in [-0.4, -0.2) is 74.9 Å². The lowest BCUT2D eigenvalue weighted by Gasteiger charge is -2.26. The highest BCUT2D eigenvalue weighted by atomic mass is 16.7. The van der Waals surface area contributed by atoms with E-state index < -0.39 is 60.6 Å².